The smallest absolute Gasteiger partial charge is 0.264 e. The van der Waals surface area contributed by atoms with E-state index in [9.17, 15) is 13.2 Å². The van der Waals surface area contributed by atoms with Gasteiger partial charge in [-0.05, 0) is 55.7 Å². The van der Waals surface area contributed by atoms with E-state index in [4.69, 9.17) is 0 Å². The van der Waals surface area contributed by atoms with E-state index in [1.54, 1.807) is 47.5 Å². The molecule has 1 aliphatic heterocycles. The molecule has 0 radical (unpaired) electrons. The van der Waals surface area contributed by atoms with Gasteiger partial charge in [0.1, 0.15) is 4.90 Å². The number of anilines is 2. The first-order valence-corrected chi connectivity index (χ1v) is 10.7. The molecule has 2 aromatic carbocycles. The highest BCUT2D eigenvalue weighted by Gasteiger charge is 2.22. The Balaban J connectivity index is 1.65. The van der Waals surface area contributed by atoms with Gasteiger partial charge in [-0.15, -0.1) is 0 Å². The lowest BCUT2D eigenvalue weighted by atomic mass is 10.1. The van der Waals surface area contributed by atoms with Crippen LogP contribution in [-0.4, -0.2) is 25.9 Å². The number of benzene rings is 2. The van der Waals surface area contributed by atoms with Gasteiger partial charge in [-0.25, -0.2) is 8.42 Å². The summed E-state index contributed by atoms with van der Waals surface area (Å²) in [6.45, 7) is 2.58. The molecule has 4 rings (SSSR count). The summed E-state index contributed by atoms with van der Waals surface area (Å²) in [6, 6.07) is 13.9. The Hall–Kier alpha value is -2.93. The second-order valence-corrected chi connectivity index (χ2v) is 8.59. The molecule has 0 bridgehead atoms. The maximum absolute atomic E-state index is 12.9. The molecule has 6 nitrogen and oxygen atoms in total. The molecule has 7 heteroatoms. The van der Waals surface area contributed by atoms with Crippen LogP contribution in [-0.2, 0) is 14.8 Å². The molecular weight excluding hydrogens is 374 g/mol. The van der Waals surface area contributed by atoms with Crippen LogP contribution in [0.25, 0.3) is 10.9 Å². The van der Waals surface area contributed by atoms with Gasteiger partial charge in [0.05, 0.1) is 5.52 Å². The lowest BCUT2D eigenvalue weighted by Crippen LogP contribution is -2.35. The fourth-order valence-corrected chi connectivity index (χ4v) is 4.82. The van der Waals surface area contributed by atoms with Crippen LogP contribution in [0.15, 0.2) is 59.6 Å². The summed E-state index contributed by atoms with van der Waals surface area (Å²) in [6.07, 6.45) is 4.04. The fourth-order valence-electron chi connectivity index (χ4n) is 3.59. The molecular formula is C21H21N3O3S. The first kappa shape index (κ1) is 18.4. The number of hydrogen-bond acceptors (Lipinski definition) is 4. The number of nitrogens with one attached hydrogen (secondary N) is 1. The van der Waals surface area contributed by atoms with Gasteiger partial charge in [-0.1, -0.05) is 18.2 Å². The number of carbonyl (C=O) groups is 1. The summed E-state index contributed by atoms with van der Waals surface area (Å²) < 4.78 is 28.5. The van der Waals surface area contributed by atoms with E-state index in [1.165, 1.54) is 0 Å². The number of aromatic nitrogens is 1. The quantitative estimate of drug-likeness (QED) is 0.727. The molecule has 0 atom stereocenters. The van der Waals surface area contributed by atoms with Crippen molar-refractivity contribution >= 4 is 38.2 Å². The third-order valence-corrected chi connectivity index (χ3v) is 6.36. The Bertz CT molecular complexity index is 1150. The van der Waals surface area contributed by atoms with Crippen LogP contribution in [0.3, 0.4) is 0 Å². The standard InChI is InChI=1S/C21H21N3O3S/c1-15-14-17(10-11-18(15)24-13-3-2-9-20(24)25)23-28(26,27)19-8-4-6-16-7-5-12-22-21(16)19/h4-8,10-12,14,23H,2-3,9,13H2,1H3. The van der Waals surface area contributed by atoms with Gasteiger partial charge in [-0.2, -0.15) is 0 Å². The molecule has 0 unspecified atom stereocenters. The maximum Gasteiger partial charge on any atom is 0.264 e. The average molecular weight is 395 g/mol. The van der Waals surface area contributed by atoms with Gasteiger partial charge in [0, 0.05) is 35.9 Å². The summed E-state index contributed by atoms with van der Waals surface area (Å²) >= 11 is 0. The highest BCUT2D eigenvalue weighted by atomic mass is 32.2. The minimum absolute atomic E-state index is 0.115. The van der Waals surface area contributed by atoms with E-state index in [0.29, 0.717) is 24.2 Å². The van der Waals surface area contributed by atoms with Crippen molar-refractivity contribution in [2.45, 2.75) is 31.1 Å². The largest absolute Gasteiger partial charge is 0.312 e. The zero-order chi connectivity index (χ0) is 19.7. The van der Waals surface area contributed by atoms with E-state index < -0.39 is 10.0 Å². The Labute approximate surface area is 164 Å². The summed E-state index contributed by atoms with van der Waals surface area (Å²) in [4.78, 5) is 18.3. The molecule has 1 aromatic heterocycles. The predicted molar refractivity (Wildman–Crippen MR) is 110 cm³/mol. The van der Waals surface area contributed by atoms with E-state index in [2.05, 4.69) is 9.71 Å². The summed E-state index contributed by atoms with van der Waals surface area (Å²) in [5.41, 5.74) is 2.58. The number of pyridine rings is 1. The van der Waals surface area contributed by atoms with Crippen molar-refractivity contribution in [2.24, 2.45) is 0 Å². The van der Waals surface area contributed by atoms with Crippen LogP contribution < -0.4 is 9.62 Å². The van der Waals surface area contributed by atoms with Crippen molar-refractivity contribution in [1.82, 2.24) is 4.98 Å². The number of sulfonamides is 1. The fraction of sp³-hybridized carbons (Fsp3) is 0.238. The monoisotopic (exact) mass is 395 g/mol. The van der Waals surface area contributed by atoms with Crippen LogP contribution in [0.2, 0.25) is 0 Å². The molecule has 144 valence electrons. The molecule has 0 aliphatic carbocycles. The van der Waals surface area contributed by atoms with Gasteiger partial charge in [0.25, 0.3) is 10.0 Å². The minimum atomic E-state index is -3.80. The van der Waals surface area contributed by atoms with Crippen LogP contribution in [0, 0.1) is 6.92 Å². The molecule has 0 saturated carbocycles. The van der Waals surface area contributed by atoms with Crippen molar-refractivity contribution in [3.05, 3.63) is 60.3 Å². The number of hydrogen-bond donors (Lipinski definition) is 1. The Morgan fingerprint density at radius 3 is 2.68 bits per heavy atom. The molecule has 0 spiro atoms. The van der Waals surface area contributed by atoms with Crippen molar-refractivity contribution in [2.75, 3.05) is 16.2 Å². The molecule has 1 amide bonds. The number of amides is 1. The molecule has 3 aromatic rings. The molecule has 1 N–H and O–H groups in total. The molecule has 28 heavy (non-hydrogen) atoms. The molecule has 2 heterocycles. The SMILES string of the molecule is Cc1cc(NS(=O)(=O)c2cccc3cccnc23)ccc1N1CCCCC1=O. The van der Waals surface area contributed by atoms with Gasteiger partial charge < -0.3 is 4.90 Å². The second kappa shape index (κ2) is 7.24. The third kappa shape index (κ3) is 3.45. The van der Waals surface area contributed by atoms with E-state index in [0.717, 1.165) is 29.5 Å². The van der Waals surface area contributed by atoms with Crippen LogP contribution in [0.5, 0.6) is 0 Å². The summed E-state index contributed by atoms with van der Waals surface area (Å²) in [7, 11) is -3.80. The normalized spacial score (nSPS) is 15.0. The number of aryl methyl sites for hydroxylation is 1. The van der Waals surface area contributed by atoms with Gasteiger partial charge in [-0.3, -0.25) is 14.5 Å². The Morgan fingerprint density at radius 1 is 1.07 bits per heavy atom. The lowest BCUT2D eigenvalue weighted by Gasteiger charge is -2.28. The lowest BCUT2D eigenvalue weighted by molar-refractivity contribution is -0.119. The van der Waals surface area contributed by atoms with E-state index in [-0.39, 0.29) is 10.8 Å². The summed E-state index contributed by atoms with van der Waals surface area (Å²) in [5, 5.41) is 0.764. The van der Waals surface area contributed by atoms with Crippen molar-refractivity contribution in [1.29, 1.82) is 0 Å². The highest BCUT2D eigenvalue weighted by Crippen LogP contribution is 2.29. The van der Waals surface area contributed by atoms with Crippen molar-refractivity contribution in [3.63, 3.8) is 0 Å². The number of piperidine rings is 1. The number of nitrogens with zero attached hydrogens (tertiary/aromatic N) is 2. The first-order chi connectivity index (χ1) is 13.5. The van der Waals surface area contributed by atoms with Gasteiger partial charge >= 0.3 is 0 Å². The highest BCUT2D eigenvalue weighted by molar-refractivity contribution is 7.93. The number of fused-ring (bicyclic) bond motifs is 1. The first-order valence-electron chi connectivity index (χ1n) is 9.23. The minimum Gasteiger partial charge on any atom is -0.312 e. The average Bonchev–Trinajstić information content (AvgIpc) is 2.68. The van der Waals surface area contributed by atoms with E-state index >= 15 is 0 Å². The van der Waals surface area contributed by atoms with Crippen LogP contribution >= 0.6 is 0 Å². The second-order valence-electron chi connectivity index (χ2n) is 6.94. The third-order valence-electron chi connectivity index (χ3n) is 4.95. The molecule has 1 saturated heterocycles. The maximum atomic E-state index is 12.9. The van der Waals surface area contributed by atoms with Gasteiger partial charge in [0.15, 0.2) is 0 Å². The Kier molecular flexibility index (Phi) is 4.77. The van der Waals surface area contributed by atoms with Crippen LogP contribution in [0.1, 0.15) is 24.8 Å². The number of carbonyl (C=O) groups excluding carboxylic acids is 1. The zero-order valence-corrected chi connectivity index (χ0v) is 16.4. The van der Waals surface area contributed by atoms with E-state index in [1.807, 2.05) is 19.1 Å². The van der Waals surface area contributed by atoms with Crippen molar-refractivity contribution in [3.8, 4) is 0 Å². The number of para-hydroxylation sites is 1. The topological polar surface area (TPSA) is 79.4 Å². The predicted octanol–water partition coefficient (Wildman–Crippen LogP) is 3.86. The zero-order valence-electron chi connectivity index (χ0n) is 15.6. The molecule has 1 aliphatic rings. The number of rotatable bonds is 4. The van der Waals surface area contributed by atoms with Crippen LogP contribution in [0.4, 0.5) is 11.4 Å². The molecule has 1 fully saturated rings. The van der Waals surface area contributed by atoms with Crippen molar-refractivity contribution < 1.29 is 13.2 Å². The van der Waals surface area contributed by atoms with Gasteiger partial charge in [0.2, 0.25) is 5.91 Å². The summed E-state index contributed by atoms with van der Waals surface area (Å²) in [5.74, 6) is 0.115. The Morgan fingerprint density at radius 2 is 1.89 bits per heavy atom.